The molecule has 1 heterocycles. The number of carboxylic acids is 1. The van der Waals surface area contributed by atoms with Crippen molar-refractivity contribution in [2.24, 2.45) is 5.73 Å². The summed E-state index contributed by atoms with van der Waals surface area (Å²) in [7, 11) is 0. The van der Waals surface area contributed by atoms with E-state index in [-0.39, 0.29) is 18.5 Å². The number of nitrogens with two attached hydrogens (primary N) is 1. The van der Waals surface area contributed by atoms with Crippen LogP contribution in [-0.2, 0) is 9.59 Å². The van der Waals surface area contributed by atoms with Crippen molar-refractivity contribution in [1.29, 1.82) is 0 Å². The zero-order valence-corrected chi connectivity index (χ0v) is 8.53. The van der Waals surface area contributed by atoms with Gasteiger partial charge >= 0.3 is 5.97 Å². The average molecular weight is 215 g/mol. The molecule has 0 aromatic carbocycles. The molecule has 86 valence electrons. The molecule has 0 radical (unpaired) electrons. The number of carbonyl (C=O) groups excluding carboxylic acids is 1. The minimum absolute atomic E-state index is 0.231. The molecule has 0 aromatic heterocycles. The molecule has 1 aliphatic rings. The van der Waals surface area contributed by atoms with Crippen LogP contribution >= 0.6 is 0 Å². The normalized spacial score (nSPS) is 26.1. The van der Waals surface area contributed by atoms with Gasteiger partial charge in [-0.25, -0.2) is 4.79 Å². The first kappa shape index (κ1) is 11.9. The highest BCUT2D eigenvalue weighted by Crippen LogP contribution is 2.04. The van der Waals surface area contributed by atoms with Gasteiger partial charge in [-0.05, 0) is 19.4 Å². The number of carbonyl (C=O) groups is 2. The Bertz CT molecular complexity index is 245. The number of carboxylic acid groups (broad SMARTS) is 1. The molecule has 0 spiro atoms. The summed E-state index contributed by atoms with van der Waals surface area (Å²) in [5, 5.41) is 14.1. The van der Waals surface area contributed by atoms with Crippen molar-refractivity contribution in [2.75, 3.05) is 13.1 Å². The third-order valence-corrected chi connectivity index (χ3v) is 2.45. The Hall–Kier alpha value is -1.14. The lowest BCUT2D eigenvalue weighted by Crippen LogP contribution is -2.60. The van der Waals surface area contributed by atoms with E-state index in [1.165, 1.54) is 0 Å². The second-order valence-electron chi connectivity index (χ2n) is 3.64. The standard InChI is InChI=1S/C9H17N3O3/c10-4-2-1-3-6-8(13)12-7(5-11-6)9(14)15/h6-7,11H,1-5,10H2,(H,12,13)(H,14,15). The molecule has 5 N–H and O–H groups in total. The quantitative estimate of drug-likeness (QED) is 0.425. The summed E-state index contributed by atoms with van der Waals surface area (Å²) in [6.07, 6.45) is 2.46. The molecule has 2 atom stereocenters. The highest BCUT2D eigenvalue weighted by Gasteiger charge is 2.30. The summed E-state index contributed by atoms with van der Waals surface area (Å²) in [4.78, 5) is 22.0. The molecule has 0 aliphatic carbocycles. The molecule has 1 amide bonds. The summed E-state index contributed by atoms with van der Waals surface area (Å²) < 4.78 is 0. The first-order valence-electron chi connectivity index (χ1n) is 5.11. The van der Waals surface area contributed by atoms with Gasteiger partial charge in [0.15, 0.2) is 0 Å². The molecular formula is C9H17N3O3. The Labute approximate surface area is 88.2 Å². The van der Waals surface area contributed by atoms with Crippen LogP contribution in [0.25, 0.3) is 0 Å². The number of piperazine rings is 1. The van der Waals surface area contributed by atoms with Crippen molar-refractivity contribution >= 4 is 11.9 Å². The van der Waals surface area contributed by atoms with E-state index in [1.807, 2.05) is 0 Å². The minimum Gasteiger partial charge on any atom is -0.480 e. The van der Waals surface area contributed by atoms with Crippen molar-refractivity contribution in [3.8, 4) is 0 Å². The van der Waals surface area contributed by atoms with Crippen molar-refractivity contribution < 1.29 is 14.7 Å². The van der Waals surface area contributed by atoms with E-state index in [0.29, 0.717) is 13.0 Å². The van der Waals surface area contributed by atoms with E-state index in [4.69, 9.17) is 10.8 Å². The van der Waals surface area contributed by atoms with Gasteiger partial charge in [0.2, 0.25) is 5.91 Å². The molecule has 1 saturated heterocycles. The third kappa shape index (κ3) is 3.49. The smallest absolute Gasteiger partial charge is 0.327 e. The van der Waals surface area contributed by atoms with Crippen LogP contribution in [0, 0.1) is 0 Å². The Morgan fingerprint density at radius 1 is 1.53 bits per heavy atom. The van der Waals surface area contributed by atoms with E-state index in [0.717, 1.165) is 12.8 Å². The van der Waals surface area contributed by atoms with Gasteiger partial charge in [0.05, 0.1) is 6.04 Å². The zero-order chi connectivity index (χ0) is 11.3. The largest absolute Gasteiger partial charge is 0.480 e. The van der Waals surface area contributed by atoms with E-state index >= 15 is 0 Å². The molecule has 6 nitrogen and oxygen atoms in total. The predicted molar refractivity (Wildman–Crippen MR) is 54.3 cm³/mol. The molecule has 2 unspecified atom stereocenters. The van der Waals surface area contributed by atoms with Crippen LogP contribution < -0.4 is 16.4 Å². The van der Waals surface area contributed by atoms with Gasteiger partial charge in [-0.3, -0.25) is 4.79 Å². The van der Waals surface area contributed by atoms with Gasteiger partial charge in [-0.15, -0.1) is 0 Å². The number of amides is 1. The van der Waals surface area contributed by atoms with Gasteiger partial charge in [0.1, 0.15) is 6.04 Å². The highest BCUT2D eigenvalue weighted by atomic mass is 16.4. The van der Waals surface area contributed by atoms with E-state index in [9.17, 15) is 9.59 Å². The maximum atomic E-state index is 11.4. The fourth-order valence-corrected chi connectivity index (χ4v) is 1.55. The monoisotopic (exact) mass is 215 g/mol. The number of unbranched alkanes of at least 4 members (excludes halogenated alkanes) is 1. The van der Waals surface area contributed by atoms with Crippen LogP contribution in [0.2, 0.25) is 0 Å². The Balaban J connectivity index is 2.32. The van der Waals surface area contributed by atoms with Gasteiger partial charge in [0, 0.05) is 6.54 Å². The summed E-state index contributed by atoms with van der Waals surface area (Å²) in [6.45, 7) is 0.903. The van der Waals surface area contributed by atoms with Crippen molar-refractivity contribution in [1.82, 2.24) is 10.6 Å². The molecular weight excluding hydrogens is 198 g/mol. The SMILES string of the molecule is NCCCCC1NCC(C(=O)O)NC1=O. The van der Waals surface area contributed by atoms with Crippen LogP contribution in [0.5, 0.6) is 0 Å². The average Bonchev–Trinajstić information content (AvgIpc) is 2.20. The van der Waals surface area contributed by atoms with Crippen LogP contribution in [-0.4, -0.2) is 42.2 Å². The summed E-state index contributed by atoms with van der Waals surface area (Å²) in [5.74, 6) is -1.23. The highest BCUT2D eigenvalue weighted by molar-refractivity contribution is 5.88. The molecule has 1 rings (SSSR count). The molecule has 0 aromatic rings. The lowest BCUT2D eigenvalue weighted by Gasteiger charge is -2.27. The number of aliphatic carboxylic acids is 1. The van der Waals surface area contributed by atoms with Gasteiger partial charge in [0.25, 0.3) is 0 Å². The zero-order valence-electron chi connectivity index (χ0n) is 8.53. The van der Waals surface area contributed by atoms with E-state index in [2.05, 4.69) is 10.6 Å². The van der Waals surface area contributed by atoms with Crippen LogP contribution in [0.1, 0.15) is 19.3 Å². The molecule has 15 heavy (non-hydrogen) atoms. The van der Waals surface area contributed by atoms with Crippen molar-refractivity contribution in [3.05, 3.63) is 0 Å². The predicted octanol–water partition coefficient (Wildman–Crippen LogP) is -1.34. The minimum atomic E-state index is -1.00. The topological polar surface area (TPSA) is 104 Å². The Kier molecular flexibility index (Phi) is 4.51. The third-order valence-electron chi connectivity index (χ3n) is 2.45. The second-order valence-corrected chi connectivity index (χ2v) is 3.64. The van der Waals surface area contributed by atoms with Gasteiger partial charge in [-0.1, -0.05) is 6.42 Å². The Morgan fingerprint density at radius 2 is 2.27 bits per heavy atom. The maximum absolute atomic E-state index is 11.4. The second kappa shape index (κ2) is 5.67. The number of hydrogen-bond acceptors (Lipinski definition) is 4. The van der Waals surface area contributed by atoms with E-state index < -0.39 is 12.0 Å². The molecule has 6 heteroatoms. The fraction of sp³-hybridized carbons (Fsp3) is 0.778. The lowest BCUT2D eigenvalue weighted by molar-refractivity contribution is -0.143. The van der Waals surface area contributed by atoms with Crippen LogP contribution in [0.3, 0.4) is 0 Å². The molecule has 0 saturated carbocycles. The first-order chi connectivity index (χ1) is 7.15. The Morgan fingerprint density at radius 3 is 2.80 bits per heavy atom. The van der Waals surface area contributed by atoms with E-state index in [1.54, 1.807) is 0 Å². The summed E-state index contributed by atoms with van der Waals surface area (Å²) in [5.41, 5.74) is 5.34. The van der Waals surface area contributed by atoms with Crippen molar-refractivity contribution in [3.63, 3.8) is 0 Å². The first-order valence-corrected chi connectivity index (χ1v) is 5.11. The van der Waals surface area contributed by atoms with Crippen LogP contribution in [0.4, 0.5) is 0 Å². The number of nitrogens with one attached hydrogen (secondary N) is 2. The summed E-state index contributed by atoms with van der Waals surface area (Å²) >= 11 is 0. The summed E-state index contributed by atoms with van der Waals surface area (Å²) in [6, 6.07) is -1.07. The van der Waals surface area contributed by atoms with Crippen molar-refractivity contribution in [2.45, 2.75) is 31.3 Å². The maximum Gasteiger partial charge on any atom is 0.327 e. The lowest BCUT2D eigenvalue weighted by atomic mass is 10.1. The number of rotatable bonds is 5. The molecule has 0 bridgehead atoms. The molecule has 1 aliphatic heterocycles. The number of hydrogen-bond donors (Lipinski definition) is 4. The fourth-order valence-electron chi connectivity index (χ4n) is 1.55. The van der Waals surface area contributed by atoms with Crippen LogP contribution in [0.15, 0.2) is 0 Å². The van der Waals surface area contributed by atoms with Gasteiger partial charge < -0.3 is 21.5 Å². The molecule has 1 fully saturated rings. The van der Waals surface area contributed by atoms with Gasteiger partial charge in [-0.2, -0.15) is 0 Å².